The average Bonchev–Trinajstić information content (AvgIpc) is 3.21. The lowest BCUT2D eigenvalue weighted by atomic mass is 10.1. The number of hydrazine groups is 1. The van der Waals surface area contributed by atoms with Crippen LogP contribution < -0.4 is 11.3 Å². The van der Waals surface area contributed by atoms with E-state index >= 15 is 0 Å². The third-order valence-corrected chi connectivity index (χ3v) is 5.74. The minimum absolute atomic E-state index is 0.161. The fourth-order valence-electron chi connectivity index (χ4n) is 4.04. The molecular weight excluding hydrogens is 406 g/mol. The summed E-state index contributed by atoms with van der Waals surface area (Å²) in [6.45, 7) is 4.14. The van der Waals surface area contributed by atoms with Crippen LogP contribution in [-0.2, 0) is 24.1 Å². The molecule has 3 N–H and O–H groups in total. The monoisotopic (exact) mass is 427 g/mol. The number of rotatable bonds is 4. The fraction of sp³-hybridized carbons (Fsp3) is 0.350. The summed E-state index contributed by atoms with van der Waals surface area (Å²) in [4.78, 5) is 21.4. The third-order valence-electron chi connectivity index (χ3n) is 5.25. The number of nitrogens with zero attached hydrogens (tertiary/aromatic N) is 3. The van der Waals surface area contributed by atoms with E-state index in [0.29, 0.717) is 5.69 Å². The van der Waals surface area contributed by atoms with E-state index in [1.165, 1.54) is 11.1 Å². The molecule has 0 radical (unpaired) electrons. The Morgan fingerprint density at radius 3 is 2.93 bits per heavy atom. The number of pyridine rings is 1. The Balaban J connectivity index is 1.88. The Morgan fingerprint density at radius 2 is 2.19 bits per heavy atom. The molecule has 0 bridgehead atoms. The molecule has 0 saturated heterocycles. The first kappa shape index (κ1) is 18.1. The first-order valence-corrected chi connectivity index (χ1v) is 9.96. The fourth-order valence-corrected chi connectivity index (χ4v) is 4.45. The summed E-state index contributed by atoms with van der Waals surface area (Å²) in [7, 11) is 0. The highest BCUT2D eigenvalue weighted by atomic mass is 79.9. The topological polar surface area (TPSA) is 85.8 Å². The zero-order chi connectivity index (χ0) is 19.1. The maximum atomic E-state index is 11.7. The van der Waals surface area contributed by atoms with Gasteiger partial charge in [-0.2, -0.15) is 0 Å². The molecule has 2 aromatic heterocycles. The summed E-state index contributed by atoms with van der Waals surface area (Å²) in [5, 5.41) is 0. The van der Waals surface area contributed by atoms with E-state index < -0.39 is 0 Å². The largest absolute Gasteiger partial charge is 0.305 e. The summed E-state index contributed by atoms with van der Waals surface area (Å²) in [5.74, 6) is 6.02. The molecule has 1 aliphatic rings. The van der Waals surface area contributed by atoms with Crippen LogP contribution in [-0.4, -0.2) is 20.4 Å². The molecule has 140 valence electrons. The number of nitrogens with two attached hydrogens (primary N) is 1. The molecule has 1 amide bonds. The number of imidazole rings is 1. The lowest BCUT2D eigenvalue weighted by molar-refractivity contribution is -0.120. The number of carbonyl (C=O) groups excluding carboxylic acids is 1. The lowest BCUT2D eigenvalue weighted by Gasteiger charge is -2.17. The molecule has 1 aliphatic carbocycles. The highest BCUT2D eigenvalue weighted by Crippen LogP contribution is 2.38. The van der Waals surface area contributed by atoms with E-state index in [2.05, 4.69) is 51.0 Å². The van der Waals surface area contributed by atoms with Crippen molar-refractivity contribution in [3.8, 4) is 0 Å². The summed E-state index contributed by atoms with van der Waals surface area (Å²) in [6, 6.07) is 8.64. The SMILES string of the molecule is CCc1nc2c(C)cc(CC(=O)NN)nc2n1C1CCc2cc(Br)ccc21. The summed E-state index contributed by atoms with van der Waals surface area (Å²) >= 11 is 3.57. The number of benzene rings is 1. The van der Waals surface area contributed by atoms with Crippen LogP contribution in [0, 0.1) is 6.92 Å². The van der Waals surface area contributed by atoms with Crippen molar-refractivity contribution in [3.05, 3.63) is 56.9 Å². The van der Waals surface area contributed by atoms with Gasteiger partial charge in [0.25, 0.3) is 0 Å². The quantitative estimate of drug-likeness (QED) is 0.380. The standard InChI is InChI=1S/C20H22BrN5O/c1-3-17-24-19-11(2)8-14(10-18(27)25-22)23-20(19)26(17)16-7-4-12-9-13(21)5-6-15(12)16/h5-6,8-9,16H,3-4,7,10,22H2,1-2H3,(H,25,27). The molecule has 6 nitrogen and oxygen atoms in total. The molecule has 2 heterocycles. The number of fused-ring (bicyclic) bond motifs is 2. The molecule has 3 aromatic rings. The maximum Gasteiger partial charge on any atom is 0.239 e. The Bertz CT molecular complexity index is 1040. The second-order valence-corrected chi connectivity index (χ2v) is 7.91. The normalized spacial score (nSPS) is 15.9. The summed E-state index contributed by atoms with van der Waals surface area (Å²) in [5.41, 5.74) is 8.38. The van der Waals surface area contributed by atoms with Gasteiger partial charge in [-0.3, -0.25) is 10.2 Å². The molecule has 1 unspecified atom stereocenters. The molecule has 0 aliphatic heterocycles. The number of hydrogen-bond donors (Lipinski definition) is 2. The first-order chi connectivity index (χ1) is 13.0. The van der Waals surface area contributed by atoms with E-state index in [1.54, 1.807) is 0 Å². The van der Waals surface area contributed by atoms with Crippen LogP contribution >= 0.6 is 15.9 Å². The zero-order valence-corrected chi connectivity index (χ0v) is 17.0. The molecule has 0 saturated carbocycles. The Morgan fingerprint density at radius 1 is 1.37 bits per heavy atom. The van der Waals surface area contributed by atoms with Gasteiger partial charge in [-0.1, -0.05) is 28.9 Å². The van der Waals surface area contributed by atoms with Crippen LogP contribution in [0.5, 0.6) is 0 Å². The number of aromatic nitrogens is 3. The third kappa shape index (κ3) is 3.15. The highest BCUT2D eigenvalue weighted by Gasteiger charge is 2.28. The predicted molar refractivity (Wildman–Crippen MR) is 108 cm³/mol. The Hall–Kier alpha value is -2.25. The minimum Gasteiger partial charge on any atom is -0.305 e. The predicted octanol–water partition coefficient (Wildman–Crippen LogP) is 3.13. The Kier molecular flexibility index (Phi) is 4.74. The van der Waals surface area contributed by atoms with Crippen molar-refractivity contribution in [2.45, 2.75) is 45.6 Å². The van der Waals surface area contributed by atoms with Gasteiger partial charge in [-0.05, 0) is 54.7 Å². The molecule has 4 rings (SSSR count). The van der Waals surface area contributed by atoms with E-state index in [0.717, 1.165) is 46.3 Å². The van der Waals surface area contributed by atoms with Gasteiger partial charge in [0.15, 0.2) is 5.65 Å². The van der Waals surface area contributed by atoms with Gasteiger partial charge in [0.2, 0.25) is 5.91 Å². The number of hydrogen-bond acceptors (Lipinski definition) is 4. The van der Waals surface area contributed by atoms with Crippen molar-refractivity contribution < 1.29 is 4.79 Å². The van der Waals surface area contributed by atoms with Crippen LogP contribution in [0.2, 0.25) is 0 Å². The number of aryl methyl sites for hydroxylation is 3. The average molecular weight is 428 g/mol. The number of nitrogens with one attached hydrogen (secondary N) is 1. The van der Waals surface area contributed by atoms with Crippen LogP contribution in [0.25, 0.3) is 11.2 Å². The van der Waals surface area contributed by atoms with Crippen molar-refractivity contribution in [3.63, 3.8) is 0 Å². The van der Waals surface area contributed by atoms with Crippen LogP contribution in [0.1, 0.15) is 47.6 Å². The van der Waals surface area contributed by atoms with E-state index in [-0.39, 0.29) is 18.4 Å². The number of carbonyl (C=O) groups is 1. The van der Waals surface area contributed by atoms with Crippen molar-refractivity contribution in [1.29, 1.82) is 0 Å². The lowest BCUT2D eigenvalue weighted by Crippen LogP contribution is -2.31. The van der Waals surface area contributed by atoms with Crippen molar-refractivity contribution in [1.82, 2.24) is 20.0 Å². The van der Waals surface area contributed by atoms with Crippen molar-refractivity contribution >= 4 is 33.0 Å². The van der Waals surface area contributed by atoms with E-state index in [9.17, 15) is 4.79 Å². The van der Waals surface area contributed by atoms with Crippen LogP contribution in [0.4, 0.5) is 0 Å². The molecule has 0 spiro atoms. The van der Waals surface area contributed by atoms with Crippen LogP contribution in [0.15, 0.2) is 28.7 Å². The molecule has 27 heavy (non-hydrogen) atoms. The van der Waals surface area contributed by atoms with Gasteiger partial charge >= 0.3 is 0 Å². The Labute approximate surface area is 166 Å². The number of halogens is 1. The van der Waals surface area contributed by atoms with Gasteiger partial charge in [0.1, 0.15) is 11.3 Å². The molecule has 1 atom stereocenters. The smallest absolute Gasteiger partial charge is 0.239 e. The second-order valence-electron chi connectivity index (χ2n) is 7.00. The van der Waals surface area contributed by atoms with Crippen LogP contribution in [0.3, 0.4) is 0 Å². The molecule has 0 fully saturated rings. The maximum absolute atomic E-state index is 11.7. The molecule has 7 heteroatoms. The highest BCUT2D eigenvalue weighted by molar-refractivity contribution is 9.10. The second kappa shape index (κ2) is 7.05. The first-order valence-electron chi connectivity index (χ1n) is 9.17. The minimum atomic E-state index is -0.251. The zero-order valence-electron chi connectivity index (χ0n) is 15.4. The summed E-state index contributed by atoms with van der Waals surface area (Å²) in [6.07, 6.45) is 3.06. The molecular formula is C20H22BrN5O. The van der Waals surface area contributed by atoms with Gasteiger partial charge in [0.05, 0.1) is 18.2 Å². The van der Waals surface area contributed by atoms with E-state index in [4.69, 9.17) is 15.8 Å². The summed E-state index contributed by atoms with van der Waals surface area (Å²) < 4.78 is 3.38. The van der Waals surface area contributed by atoms with Crippen molar-refractivity contribution in [2.24, 2.45) is 5.84 Å². The number of amides is 1. The van der Waals surface area contributed by atoms with Crippen molar-refractivity contribution in [2.75, 3.05) is 0 Å². The van der Waals surface area contributed by atoms with Gasteiger partial charge in [-0.15, -0.1) is 0 Å². The van der Waals surface area contributed by atoms with Gasteiger partial charge in [-0.25, -0.2) is 15.8 Å². The molecule has 1 aromatic carbocycles. The van der Waals surface area contributed by atoms with Gasteiger partial charge in [0, 0.05) is 10.9 Å². The van der Waals surface area contributed by atoms with E-state index in [1.807, 2.05) is 13.0 Å². The van der Waals surface area contributed by atoms with Gasteiger partial charge < -0.3 is 4.57 Å².